The van der Waals surface area contributed by atoms with Crippen LogP contribution in [0.4, 0.5) is 16.5 Å². The van der Waals surface area contributed by atoms with Gasteiger partial charge in [0.25, 0.3) is 11.6 Å². The summed E-state index contributed by atoms with van der Waals surface area (Å²) in [6, 6.07) is 15.7. The predicted molar refractivity (Wildman–Crippen MR) is 114 cm³/mol. The van der Waals surface area contributed by atoms with Gasteiger partial charge in [-0.3, -0.25) is 14.9 Å². The average Bonchev–Trinajstić information content (AvgIpc) is 3.39. The van der Waals surface area contributed by atoms with Gasteiger partial charge in [-0.15, -0.1) is 0 Å². The molecule has 1 fully saturated rings. The number of amides is 1. The number of hydrogen-bond donors (Lipinski definition) is 2. The first kappa shape index (κ1) is 19.1. The van der Waals surface area contributed by atoms with E-state index in [1.54, 1.807) is 12.1 Å². The minimum Gasteiger partial charge on any atom is -0.359 e. The monoisotopic (exact) mass is 408 g/mol. The van der Waals surface area contributed by atoms with Gasteiger partial charge in [-0.25, -0.2) is 4.98 Å². The molecule has 0 unspecified atom stereocenters. The van der Waals surface area contributed by atoms with Gasteiger partial charge >= 0.3 is 0 Å². The van der Waals surface area contributed by atoms with E-state index in [1.807, 2.05) is 30.3 Å². The number of rotatable bonds is 6. The Morgan fingerprint density at radius 3 is 2.41 bits per heavy atom. The first-order chi connectivity index (χ1) is 14.1. The maximum atomic E-state index is 13.0. The standard InChI is InChI=1S/C21H20N4O3S/c26-20(22-15-6-2-1-3-7-15)19-18(14-10-12-17(13-11-14)25(27)28)24-21(29-19)23-16-8-4-5-9-16/h1-3,6-7,10-13,16H,4-5,8-9H2,(H,22,26)(H,23,24). The summed E-state index contributed by atoms with van der Waals surface area (Å²) in [4.78, 5) is 28.6. The van der Waals surface area contributed by atoms with Crippen molar-refractivity contribution in [3.05, 3.63) is 69.6 Å². The zero-order valence-electron chi connectivity index (χ0n) is 15.6. The van der Waals surface area contributed by atoms with Crippen molar-refractivity contribution in [1.82, 2.24) is 4.98 Å². The van der Waals surface area contributed by atoms with Crippen LogP contribution in [0.25, 0.3) is 11.3 Å². The lowest BCUT2D eigenvalue weighted by Crippen LogP contribution is -2.14. The molecule has 1 heterocycles. The number of carbonyl (C=O) groups is 1. The Morgan fingerprint density at radius 1 is 1.07 bits per heavy atom. The third-order valence-electron chi connectivity index (χ3n) is 4.90. The van der Waals surface area contributed by atoms with Crippen LogP contribution in [0.2, 0.25) is 0 Å². The summed E-state index contributed by atoms with van der Waals surface area (Å²) in [7, 11) is 0. The SMILES string of the molecule is O=C(Nc1ccccc1)c1sc(NC2CCCC2)nc1-c1ccc([N+](=O)[O-])cc1. The van der Waals surface area contributed by atoms with Gasteiger partial charge in [0.2, 0.25) is 0 Å². The van der Waals surface area contributed by atoms with E-state index in [1.165, 1.54) is 36.3 Å². The number of benzene rings is 2. The van der Waals surface area contributed by atoms with Crippen LogP contribution in [-0.4, -0.2) is 21.9 Å². The van der Waals surface area contributed by atoms with Crippen molar-refractivity contribution in [2.75, 3.05) is 10.6 Å². The van der Waals surface area contributed by atoms with Crippen LogP contribution in [0.15, 0.2) is 54.6 Å². The summed E-state index contributed by atoms with van der Waals surface area (Å²) >= 11 is 1.31. The molecule has 1 aliphatic rings. The second-order valence-electron chi connectivity index (χ2n) is 6.95. The lowest BCUT2D eigenvalue weighted by Gasteiger charge is -2.09. The molecule has 1 aliphatic carbocycles. The highest BCUT2D eigenvalue weighted by molar-refractivity contribution is 7.18. The number of aromatic nitrogens is 1. The number of para-hydroxylation sites is 1. The molecule has 2 N–H and O–H groups in total. The van der Waals surface area contributed by atoms with Crippen molar-refractivity contribution in [3.63, 3.8) is 0 Å². The molecule has 0 atom stereocenters. The van der Waals surface area contributed by atoms with Gasteiger partial charge in [-0.05, 0) is 37.1 Å². The molecular formula is C21H20N4O3S. The third-order valence-corrected chi connectivity index (χ3v) is 5.88. The molecule has 0 saturated heterocycles. The predicted octanol–water partition coefficient (Wildman–Crippen LogP) is 5.33. The number of nitro groups is 1. The second-order valence-corrected chi connectivity index (χ2v) is 7.95. The molecule has 1 saturated carbocycles. The van der Waals surface area contributed by atoms with Crippen molar-refractivity contribution in [1.29, 1.82) is 0 Å². The topological polar surface area (TPSA) is 97.2 Å². The Balaban J connectivity index is 1.66. The van der Waals surface area contributed by atoms with Gasteiger partial charge in [0, 0.05) is 29.4 Å². The second kappa shape index (κ2) is 8.40. The number of nitrogens with zero attached hydrogens (tertiary/aromatic N) is 2. The largest absolute Gasteiger partial charge is 0.359 e. The van der Waals surface area contributed by atoms with Crippen LogP contribution in [0.1, 0.15) is 35.4 Å². The summed E-state index contributed by atoms with van der Waals surface area (Å²) in [6.07, 6.45) is 4.58. The summed E-state index contributed by atoms with van der Waals surface area (Å²) in [5.74, 6) is -0.249. The molecule has 8 heteroatoms. The number of anilines is 2. The quantitative estimate of drug-likeness (QED) is 0.425. The van der Waals surface area contributed by atoms with Crippen LogP contribution in [-0.2, 0) is 0 Å². The first-order valence-electron chi connectivity index (χ1n) is 9.49. The zero-order valence-corrected chi connectivity index (χ0v) is 16.4. The van der Waals surface area contributed by atoms with Crippen LogP contribution in [0.3, 0.4) is 0 Å². The summed E-state index contributed by atoms with van der Waals surface area (Å²) < 4.78 is 0. The zero-order chi connectivity index (χ0) is 20.2. The molecule has 148 valence electrons. The molecule has 3 aromatic rings. The van der Waals surface area contributed by atoms with Crippen molar-refractivity contribution in [2.45, 2.75) is 31.7 Å². The molecule has 0 bridgehead atoms. The van der Waals surface area contributed by atoms with Gasteiger partial charge < -0.3 is 10.6 Å². The fourth-order valence-corrected chi connectivity index (χ4v) is 4.39. The number of carbonyl (C=O) groups excluding carboxylic acids is 1. The maximum Gasteiger partial charge on any atom is 0.269 e. The smallest absolute Gasteiger partial charge is 0.269 e. The molecule has 0 spiro atoms. The number of thiazole rings is 1. The van der Waals surface area contributed by atoms with E-state index in [2.05, 4.69) is 15.6 Å². The van der Waals surface area contributed by atoms with Gasteiger partial charge in [0.05, 0.1) is 10.6 Å². The third kappa shape index (κ3) is 4.43. The number of hydrogen-bond acceptors (Lipinski definition) is 6. The fourth-order valence-electron chi connectivity index (χ4n) is 3.43. The first-order valence-corrected chi connectivity index (χ1v) is 10.3. The van der Waals surface area contributed by atoms with Crippen molar-refractivity contribution < 1.29 is 9.72 Å². The maximum absolute atomic E-state index is 13.0. The molecule has 4 rings (SSSR count). The molecule has 0 aliphatic heterocycles. The van der Waals surface area contributed by atoms with Crippen molar-refractivity contribution in [2.24, 2.45) is 0 Å². The van der Waals surface area contributed by atoms with E-state index in [4.69, 9.17) is 0 Å². The summed E-state index contributed by atoms with van der Waals surface area (Å²) in [5, 5.41) is 18.0. The minimum absolute atomic E-state index is 0.00331. The number of non-ortho nitro benzene ring substituents is 1. The highest BCUT2D eigenvalue weighted by atomic mass is 32.1. The van der Waals surface area contributed by atoms with Gasteiger partial charge in [0.1, 0.15) is 4.88 Å². The Labute approximate surface area is 172 Å². The van der Waals surface area contributed by atoms with E-state index < -0.39 is 4.92 Å². The Hall–Kier alpha value is -3.26. The van der Waals surface area contributed by atoms with Gasteiger partial charge in [-0.2, -0.15) is 0 Å². The van der Waals surface area contributed by atoms with E-state index in [0.717, 1.165) is 12.8 Å². The van der Waals surface area contributed by atoms with Crippen LogP contribution in [0.5, 0.6) is 0 Å². The molecule has 1 amide bonds. The normalized spacial score (nSPS) is 13.9. The molecule has 2 aromatic carbocycles. The Kier molecular flexibility index (Phi) is 5.53. The molecule has 7 nitrogen and oxygen atoms in total. The minimum atomic E-state index is -0.444. The van der Waals surface area contributed by atoms with Crippen LogP contribution < -0.4 is 10.6 Å². The van der Waals surface area contributed by atoms with Gasteiger partial charge in [0.15, 0.2) is 5.13 Å². The highest BCUT2D eigenvalue weighted by Crippen LogP contribution is 2.34. The lowest BCUT2D eigenvalue weighted by molar-refractivity contribution is -0.384. The summed E-state index contributed by atoms with van der Waals surface area (Å²) in [5.41, 5.74) is 1.90. The molecular weight excluding hydrogens is 388 g/mol. The lowest BCUT2D eigenvalue weighted by atomic mass is 10.1. The van der Waals surface area contributed by atoms with Crippen LogP contribution in [0, 0.1) is 10.1 Å². The molecule has 0 radical (unpaired) electrons. The summed E-state index contributed by atoms with van der Waals surface area (Å²) in [6.45, 7) is 0. The number of nitro benzene ring substituents is 1. The van der Waals surface area contributed by atoms with Crippen molar-refractivity contribution in [3.8, 4) is 11.3 Å². The van der Waals surface area contributed by atoms with Crippen molar-refractivity contribution >= 4 is 33.8 Å². The molecule has 29 heavy (non-hydrogen) atoms. The fraction of sp³-hybridized carbons (Fsp3) is 0.238. The van der Waals surface area contributed by atoms with Gasteiger partial charge in [-0.1, -0.05) is 42.4 Å². The van der Waals surface area contributed by atoms with E-state index >= 15 is 0 Å². The Morgan fingerprint density at radius 2 is 1.76 bits per heavy atom. The van der Waals surface area contributed by atoms with E-state index in [9.17, 15) is 14.9 Å². The Bertz CT molecular complexity index is 1010. The highest BCUT2D eigenvalue weighted by Gasteiger charge is 2.23. The average molecular weight is 408 g/mol. The number of nitrogens with one attached hydrogen (secondary N) is 2. The van der Waals surface area contributed by atoms with E-state index in [-0.39, 0.29) is 11.6 Å². The molecule has 1 aromatic heterocycles. The van der Waals surface area contributed by atoms with E-state index in [0.29, 0.717) is 33.0 Å². The van der Waals surface area contributed by atoms with Crippen LogP contribution >= 0.6 is 11.3 Å².